The van der Waals surface area contributed by atoms with E-state index in [9.17, 15) is 9.90 Å². The third-order valence-corrected chi connectivity index (χ3v) is 4.53. The van der Waals surface area contributed by atoms with Crippen molar-refractivity contribution in [3.8, 4) is 17.2 Å². The van der Waals surface area contributed by atoms with Gasteiger partial charge in [-0.05, 0) is 49.2 Å². The van der Waals surface area contributed by atoms with Crippen molar-refractivity contribution in [2.24, 2.45) is 0 Å². The molecular weight excluding hydrogens is 414 g/mol. The number of carboxylic acids is 1. The molecule has 0 aliphatic rings. The number of hydrogen-bond donors (Lipinski definition) is 2. The van der Waals surface area contributed by atoms with Crippen molar-refractivity contribution in [2.45, 2.75) is 26.8 Å². The second-order valence-electron chi connectivity index (χ2n) is 5.75. The highest BCUT2D eigenvalue weighted by molar-refractivity contribution is 9.10. The maximum absolute atomic E-state index is 11.2. The Balaban J connectivity index is 2.25. The first-order valence-corrected chi connectivity index (χ1v) is 9.52. The Kier molecular flexibility index (Phi) is 7.79. The zero-order chi connectivity index (χ0) is 19.8. The maximum Gasteiger partial charge on any atom is 0.335 e. The van der Waals surface area contributed by atoms with Crippen molar-refractivity contribution in [3.63, 3.8) is 0 Å². The largest absolute Gasteiger partial charge is 0.495 e. The van der Waals surface area contributed by atoms with Crippen LogP contribution in [0.3, 0.4) is 0 Å². The highest BCUT2D eigenvalue weighted by Crippen LogP contribution is 2.35. The van der Waals surface area contributed by atoms with Crippen LogP contribution in [-0.4, -0.2) is 31.4 Å². The van der Waals surface area contributed by atoms with Crippen LogP contribution < -0.4 is 19.5 Å². The Labute approximate surface area is 167 Å². The van der Waals surface area contributed by atoms with Gasteiger partial charge in [-0.2, -0.15) is 0 Å². The topological polar surface area (TPSA) is 77.0 Å². The van der Waals surface area contributed by atoms with Gasteiger partial charge < -0.3 is 24.6 Å². The minimum absolute atomic E-state index is 0.190. The SMILES string of the molecule is CCCOc1cc(Br)c(CNc2cc(C(=O)O)ccc2OC)cc1OCC. The van der Waals surface area contributed by atoms with E-state index < -0.39 is 5.97 Å². The molecule has 0 saturated heterocycles. The lowest BCUT2D eigenvalue weighted by molar-refractivity contribution is 0.0697. The molecule has 0 radical (unpaired) electrons. The first kappa shape index (κ1) is 20.9. The quantitative estimate of drug-likeness (QED) is 0.547. The van der Waals surface area contributed by atoms with Crippen LogP contribution in [0.2, 0.25) is 0 Å². The minimum Gasteiger partial charge on any atom is -0.495 e. The summed E-state index contributed by atoms with van der Waals surface area (Å²) < 4.78 is 17.6. The highest BCUT2D eigenvalue weighted by atomic mass is 79.9. The lowest BCUT2D eigenvalue weighted by Crippen LogP contribution is -2.06. The molecule has 0 bridgehead atoms. The van der Waals surface area contributed by atoms with Crippen molar-refractivity contribution < 1.29 is 24.1 Å². The van der Waals surface area contributed by atoms with E-state index in [1.807, 2.05) is 26.0 Å². The molecule has 146 valence electrons. The molecule has 0 unspecified atom stereocenters. The monoisotopic (exact) mass is 437 g/mol. The smallest absolute Gasteiger partial charge is 0.335 e. The number of ether oxygens (including phenoxy) is 3. The third-order valence-electron chi connectivity index (χ3n) is 3.79. The number of halogens is 1. The second-order valence-corrected chi connectivity index (χ2v) is 6.60. The van der Waals surface area contributed by atoms with Gasteiger partial charge in [0.05, 0.1) is 31.6 Å². The summed E-state index contributed by atoms with van der Waals surface area (Å²) in [4.78, 5) is 11.2. The van der Waals surface area contributed by atoms with Gasteiger partial charge in [0, 0.05) is 11.0 Å². The Hall–Kier alpha value is -2.41. The molecule has 0 fully saturated rings. The number of carbonyl (C=O) groups is 1. The zero-order valence-electron chi connectivity index (χ0n) is 15.7. The normalized spacial score (nSPS) is 10.4. The predicted octanol–water partition coefficient (Wildman–Crippen LogP) is 4.96. The highest BCUT2D eigenvalue weighted by Gasteiger charge is 2.13. The summed E-state index contributed by atoms with van der Waals surface area (Å²) in [6.07, 6.45) is 0.909. The fourth-order valence-corrected chi connectivity index (χ4v) is 2.94. The molecule has 0 heterocycles. The molecule has 0 saturated carbocycles. The van der Waals surface area contributed by atoms with E-state index in [2.05, 4.69) is 21.2 Å². The van der Waals surface area contributed by atoms with Crippen molar-refractivity contribution in [1.82, 2.24) is 0 Å². The average Bonchev–Trinajstić information content (AvgIpc) is 2.66. The molecule has 2 rings (SSSR count). The number of anilines is 1. The van der Waals surface area contributed by atoms with E-state index in [4.69, 9.17) is 14.2 Å². The van der Waals surface area contributed by atoms with E-state index in [-0.39, 0.29) is 5.56 Å². The molecule has 7 heteroatoms. The molecule has 2 aromatic carbocycles. The fraction of sp³-hybridized carbons (Fsp3) is 0.350. The van der Waals surface area contributed by atoms with Crippen molar-refractivity contribution in [2.75, 3.05) is 25.6 Å². The Morgan fingerprint density at radius 1 is 1.11 bits per heavy atom. The van der Waals surface area contributed by atoms with Gasteiger partial charge in [-0.1, -0.05) is 22.9 Å². The van der Waals surface area contributed by atoms with Crippen LogP contribution in [0.25, 0.3) is 0 Å². The molecule has 0 amide bonds. The number of hydrogen-bond acceptors (Lipinski definition) is 5. The number of nitrogens with one attached hydrogen (secondary N) is 1. The van der Waals surface area contributed by atoms with Gasteiger partial charge in [-0.25, -0.2) is 4.79 Å². The second kappa shape index (κ2) is 10.1. The summed E-state index contributed by atoms with van der Waals surface area (Å²) in [7, 11) is 1.55. The van der Waals surface area contributed by atoms with E-state index in [0.29, 0.717) is 42.7 Å². The van der Waals surface area contributed by atoms with Gasteiger partial charge in [0.1, 0.15) is 5.75 Å². The fourth-order valence-electron chi connectivity index (χ4n) is 2.48. The average molecular weight is 438 g/mol. The van der Waals surface area contributed by atoms with Crippen molar-refractivity contribution in [3.05, 3.63) is 45.9 Å². The summed E-state index contributed by atoms with van der Waals surface area (Å²) in [6, 6.07) is 8.50. The van der Waals surface area contributed by atoms with E-state index in [1.165, 1.54) is 6.07 Å². The molecule has 0 aromatic heterocycles. The molecule has 0 spiro atoms. The van der Waals surface area contributed by atoms with Crippen LogP contribution in [0.15, 0.2) is 34.8 Å². The number of benzene rings is 2. The zero-order valence-corrected chi connectivity index (χ0v) is 17.3. The van der Waals surface area contributed by atoms with Gasteiger partial charge in [0.25, 0.3) is 0 Å². The summed E-state index contributed by atoms with van der Waals surface area (Å²) in [5.41, 5.74) is 1.74. The lowest BCUT2D eigenvalue weighted by Gasteiger charge is -2.16. The molecule has 2 aromatic rings. The van der Waals surface area contributed by atoms with Crippen molar-refractivity contribution in [1.29, 1.82) is 0 Å². The third kappa shape index (κ3) is 5.53. The maximum atomic E-state index is 11.2. The first-order valence-electron chi connectivity index (χ1n) is 8.73. The summed E-state index contributed by atoms with van der Waals surface area (Å²) in [6.45, 7) is 5.57. The molecule has 27 heavy (non-hydrogen) atoms. The Morgan fingerprint density at radius 2 is 1.85 bits per heavy atom. The molecule has 0 aliphatic carbocycles. The van der Waals surface area contributed by atoms with Gasteiger partial charge in [-0.15, -0.1) is 0 Å². The van der Waals surface area contributed by atoms with E-state index in [0.717, 1.165) is 16.5 Å². The minimum atomic E-state index is -0.988. The van der Waals surface area contributed by atoms with Crippen LogP contribution in [-0.2, 0) is 6.54 Å². The number of aromatic carboxylic acids is 1. The molecule has 0 atom stereocenters. The molecule has 6 nitrogen and oxygen atoms in total. The Bertz CT molecular complexity index is 794. The molecular formula is C20H24BrNO5. The van der Waals surface area contributed by atoms with Crippen LogP contribution in [0.1, 0.15) is 36.2 Å². The number of rotatable bonds is 10. The number of carboxylic acid groups (broad SMARTS) is 1. The van der Waals surface area contributed by atoms with Crippen molar-refractivity contribution >= 4 is 27.6 Å². The summed E-state index contributed by atoms with van der Waals surface area (Å²) >= 11 is 3.57. The lowest BCUT2D eigenvalue weighted by atomic mass is 10.1. The standard InChI is InChI=1S/C20H24BrNO5/c1-4-8-27-19-11-15(21)14(10-18(19)26-5-2)12-22-16-9-13(20(23)24)6-7-17(16)25-3/h6-7,9-11,22H,4-5,8,12H2,1-3H3,(H,23,24). The Morgan fingerprint density at radius 3 is 2.48 bits per heavy atom. The van der Waals surface area contributed by atoms with E-state index in [1.54, 1.807) is 19.2 Å². The van der Waals surface area contributed by atoms with Crippen LogP contribution in [0.5, 0.6) is 17.2 Å². The molecule has 2 N–H and O–H groups in total. The van der Waals surface area contributed by atoms with Gasteiger partial charge in [0.15, 0.2) is 11.5 Å². The predicted molar refractivity (Wildman–Crippen MR) is 108 cm³/mol. The van der Waals surface area contributed by atoms with Gasteiger partial charge in [0.2, 0.25) is 0 Å². The van der Waals surface area contributed by atoms with Crippen LogP contribution >= 0.6 is 15.9 Å². The van der Waals surface area contributed by atoms with E-state index >= 15 is 0 Å². The van der Waals surface area contributed by atoms with Crippen LogP contribution in [0, 0.1) is 0 Å². The van der Waals surface area contributed by atoms with Crippen LogP contribution in [0.4, 0.5) is 5.69 Å². The van der Waals surface area contributed by atoms with Gasteiger partial charge >= 0.3 is 5.97 Å². The first-order chi connectivity index (χ1) is 13.0. The summed E-state index contributed by atoms with van der Waals surface area (Å²) in [5.74, 6) is 0.957. The van der Waals surface area contributed by atoms with Gasteiger partial charge in [-0.3, -0.25) is 0 Å². The summed E-state index contributed by atoms with van der Waals surface area (Å²) in [5, 5.41) is 12.4. The molecule has 0 aliphatic heterocycles. The number of methoxy groups -OCH3 is 1.